The number of aliphatic hydroxyl groups is 2. The minimum Gasteiger partial charge on any atom is -1.00 e. The predicted octanol–water partition coefficient (Wildman–Crippen LogP) is 0.767. The maximum absolute atomic E-state index is 9.13. The summed E-state index contributed by atoms with van der Waals surface area (Å²) in [6, 6.07) is 0. The molecule has 0 spiro atoms. The van der Waals surface area contributed by atoms with Gasteiger partial charge < -0.3 is 11.6 Å². The topological polar surface area (TPSA) is 40.5 Å². The first-order valence-corrected chi connectivity index (χ1v) is 7.10. The van der Waals surface area contributed by atoms with Gasteiger partial charge in [-0.1, -0.05) is 71.1 Å². The van der Waals surface area contributed by atoms with E-state index in [1.165, 1.54) is 57.8 Å². The van der Waals surface area contributed by atoms with Crippen molar-refractivity contribution in [3.05, 3.63) is 0 Å². The Hall–Kier alpha value is 0.920. The molecule has 1 unspecified atom stereocenters. The molecule has 0 aromatic heterocycles. The van der Waals surface area contributed by atoms with Gasteiger partial charge in [-0.3, -0.25) is 0 Å². The Morgan fingerprint density at radius 2 is 1.24 bits per heavy atom. The van der Waals surface area contributed by atoms with Gasteiger partial charge in [0, 0.05) is 0 Å². The van der Waals surface area contributed by atoms with E-state index >= 15 is 0 Å². The van der Waals surface area contributed by atoms with Gasteiger partial charge in [-0.2, -0.15) is 0 Å². The van der Waals surface area contributed by atoms with Crippen LogP contribution in [0.5, 0.6) is 0 Å². The number of hydrogen-bond donors (Lipinski definition) is 2. The number of rotatable bonds is 12. The maximum Gasteiger partial charge on any atom is 1.00 e. The molecule has 2 nitrogen and oxygen atoms in total. The minimum atomic E-state index is -0.492. The molecule has 0 amide bonds. The molecule has 0 bridgehead atoms. The Morgan fingerprint density at radius 3 is 1.65 bits per heavy atom. The molecule has 17 heavy (non-hydrogen) atoms. The van der Waals surface area contributed by atoms with Gasteiger partial charge >= 0.3 is 29.6 Å². The fourth-order valence-corrected chi connectivity index (χ4v) is 1.96. The SMILES string of the molecule is CCCCCCCCCCCCC(O)CO.[H-].[Na+]. The second kappa shape index (κ2) is 16.9. The molecule has 2 N–H and O–H groups in total. The first kappa shape index (κ1) is 20.2. The standard InChI is InChI=1S/C14H30O2.Na.H/c1-2-3-4-5-6-7-8-9-10-11-12-14(16)13-15;;/h14-16H,2-13H2,1H3;;/q;+1;-1. The Morgan fingerprint density at radius 1 is 0.824 bits per heavy atom. The first-order valence-electron chi connectivity index (χ1n) is 7.10. The van der Waals surface area contributed by atoms with Crippen LogP contribution in [-0.2, 0) is 0 Å². The van der Waals surface area contributed by atoms with Gasteiger partial charge in [-0.05, 0) is 6.42 Å². The molecule has 0 heterocycles. The van der Waals surface area contributed by atoms with Crippen LogP contribution in [0.15, 0.2) is 0 Å². The van der Waals surface area contributed by atoms with Crippen molar-refractivity contribution in [2.45, 2.75) is 83.7 Å². The van der Waals surface area contributed by atoms with Gasteiger partial charge in [0.1, 0.15) is 0 Å². The van der Waals surface area contributed by atoms with Crippen molar-refractivity contribution in [2.75, 3.05) is 6.61 Å². The van der Waals surface area contributed by atoms with Crippen LogP contribution in [0.2, 0.25) is 0 Å². The molecule has 0 aromatic rings. The van der Waals surface area contributed by atoms with E-state index in [-0.39, 0.29) is 37.6 Å². The summed E-state index contributed by atoms with van der Waals surface area (Å²) in [5.41, 5.74) is 0. The van der Waals surface area contributed by atoms with Gasteiger partial charge in [0.2, 0.25) is 0 Å². The van der Waals surface area contributed by atoms with E-state index in [1.807, 2.05) is 0 Å². The summed E-state index contributed by atoms with van der Waals surface area (Å²) < 4.78 is 0. The van der Waals surface area contributed by atoms with Gasteiger partial charge in [0.25, 0.3) is 0 Å². The number of aliphatic hydroxyl groups excluding tert-OH is 2. The molecule has 100 valence electrons. The monoisotopic (exact) mass is 254 g/mol. The van der Waals surface area contributed by atoms with Crippen molar-refractivity contribution in [3.8, 4) is 0 Å². The van der Waals surface area contributed by atoms with Crippen LogP contribution in [0, 0.1) is 0 Å². The molecule has 0 saturated heterocycles. The van der Waals surface area contributed by atoms with Crippen molar-refractivity contribution in [1.29, 1.82) is 0 Å². The molecule has 0 aliphatic rings. The van der Waals surface area contributed by atoms with Crippen LogP contribution >= 0.6 is 0 Å². The Kier molecular flexibility index (Phi) is 20.1. The van der Waals surface area contributed by atoms with Crippen LogP contribution < -0.4 is 29.6 Å². The zero-order valence-corrected chi connectivity index (χ0v) is 14.0. The van der Waals surface area contributed by atoms with Gasteiger partial charge in [-0.15, -0.1) is 0 Å². The Bertz CT molecular complexity index is 137. The molecule has 3 heteroatoms. The van der Waals surface area contributed by atoms with E-state index in [0.29, 0.717) is 0 Å². The smallest absolute Gasteiger partial charge is 1.00 e. The van der Waals surface area contributed by atoms with Crippen LogP contribution in [0.1, 0.15) is 79.0 Å². The summed E-state index contributed by atoms with van der Waals surface area (Å²) >= 11 is 0. The quantitative estimate of drug-likeness (QED) is 0.399. The first-order chi connectivity index (χ1) is 7.81. The molecule has 1 atom stereocenters. The van der Waals surface area contributed by atoms with Crippen molar-refractivity contribution in [2.24, 2.45) is 0 Å². The average molecular weight is 254 g/mol. The summed E-state index contributed by atoms with van der Waals surface area (Å²) in [6.07, 6.45) is 13.4. The molecule has 0 aliphatic heterocycles. The Balaban J connectivity index is -0.00000112. The van der Waals surface area contributed by atoms with E-state index in [9.17, 15) is 0 Å². The van der Waals surface area contributed by atoms with Crippen LogP contribution in [-0.4, -0.2) is 22.9 Å². The molecule has 0 saturated carbocycles. The summed E-state index contributed by atoms with van der Waals surface area (Å²) in [5, 5.41) is 17.8. The molecule has 0 rings (SSSR count). The van der Waals surface area contributed by atoms with Gasteiger partial charge in [-0.25, -0.2) is 0 Å². The molecule has 0 fully saturated rings. The van der Waals surface area contributed by atoms with Crippen LogP contribution in [0.3, 0.4) is 0 Å². The molecule has 0 radical (unpaired) electrons. The average Bonchev–Trinajstić information content (AvgIpc) is 2.31. The number of unbranched alkanes of at least 4 members (excludes halogenated alkanes) is 9. The maximum atomic E-state index is 9.13. The van der Waals surface area contributed by atoms with E-state index in [0.717, 1.165) is 12.8 Å². The second-order valence-corrected chi connectivity index (χ2v) is 4.81. The number of hydrogen-bond acceptors (Lipinski definition) is 2. The zero-order chi connectivity index (χ0) is 12.1. The van der Waals surface area contributed by atoms with Gasteiger partial charge in [0.15, 0.2) is 0 Å². The van der Waals surface area contributed by atoms with Crippen molar-refractivity contribution in [3.63, 3.8) is 0 Å². The third kappa shape index (κ3) is 16.9. The third-order valence-corrected chi connectivity index (χ3v) is 3.10. The minimum absolute atomic E-state index is 0. The van der Waals surface area contributed by atoms with E-state index < -0.39 is 6.10 Å². The fourth-order valence-electron chi connectivity index (χ4n) is 1.96. The van der Waals surface area contributed by atoms with E-state index in [1.54, 1.807) is 0 Å². The molecule has 0 aromatic carbocycles. The summed E-state index contributed by atoms with van der Waals surface area (Å²) in [4.78, 5) is 0. The third-order valence-electron chi connectivity index (χ3n) is 3.10. The largest absolute Gasteiger partial charge is 1.00 e. The zero-order valence-electron chi connectivity index (χ0n) is 13.0. The van der Waals surface area contributed by atoms with Crippen LogP contribution in [0.25, 0.3) is 0 Å². The van der Waals surface area contributed by atoms with Crippen molar-refractivity contribution < 1.29 is 41.2 Å². The van der Waals surface area contributed by atoms with E-state index in [4.69, 9.17) is 10.2 Å². The molecular formula is C14H31NaO2. The molecular weight excluding hydrogens is 223 g/mol. The van der Waals surface area contributed by atoms with Crippen LogP contribution in [0.4, 0.5) is 0 Å². The fraction of sp³-hybridized carbons (Fsp3) is 1.00. The summed E-state index contributed by atoms with van der Waals surface area (Å²) in [6.45, 7) is 2.16. The van der Waals surface area contributed by atoms with Crippen molar-refractivity contribution in [1.82, 2.24) is 0 Å². The summed E-state index contributed by atoms with van der Waals surface area (Å²) in [7, 11) is 0. The molecule has 0 aliphatic carbocycles. The van der Waals surface area contributed by atoms with Gasteiger partial charge in [0.05, 0.1) is 12.7 Å². The Labute approximate surface area is 131 Å². The van der Waals surface area contributed by atoms with Crippen molar-refractivity contribution >= 4 is 0 Å². The normalized spacial score (nSPS) is 12.2. The summed E-state index contributed by atoms with van der Waals surface area (Å²) in [5.74, 6) is 0. The van der Waals surface area contributed by atoms with E-state index in [2.05, 4.69) is 6.92 Å². The predicted molar refractivity (Wildman–Crippen MR) is 70.7 cm³/mol. The second-order valence-electron chi connectivity index (χ2n) is 4.81.